The number of benzene rings is 12. The predicted octanol–water partition coefficient (Wildman–Crippen LogP) is 19.9. The Labute approximate surface area is 417 Å². The van der Waals surface area contributed by atoms with Crippen molar-refractivity contribution in [2.75, 3.05) is 9.80 Å². The maximum absolute atomic E-state index is 6.43. The van der Waals surface area contributed by atoms with E-state index in [-0.39, 0.29) is 0 Å². The predicted molar refractivity (Wildman–Crippen MR) is 304 cm³/mol. The van der Waals surface area contributed by atoms with Gasteiger partial charge in [-0.3, -0.25) is 0 Å². The van der Waals surface area contributed by atoms with Crippen LogP contribution >= 0.6 is 0 Å². The van der Waals surface area contributed by atoms with Gasteiger partial charge in [0.15, 0.2) is 0 Å². The zero-order valence-electron chi connectivity index (χ0n) is 40.5. The van der Waals surface area contributed by atoms with Crippen molar-refractivity contribution in [3.05, 3.63) is 241 Å². The molecule has 0 N–H and O–H groups in total. The van der Waals surface area contributed by atoms with Crippen LogP contribution in [0.1, 0.15) is 22.3 Å². The van der Waals surface area contributed by atoms with Crippen molar-refractivity contribution in [3.8, 4) is 22.3 Å². The first-order valence-electron chi connectivity index (χ1n) is 24.8. The summed E-state index contributed by atoms with van der Waals surface area (Å²) in [5.74, 6) is 0. The molecule has 2 heterocycles. The molecule has 0 aliphatic carbocycles. The maximum Gasteiger partial charge on any atom is 0.135 e. The third-order valence-electron chi connectivity index (χ3n) is 14.8. The molecule has 0 atom stereocenters. The summed E-state index contributed by atoms with van der Waals surface area (Å²) in [5, 5.41) is 11.6. The Morgan fingerprint density at radius 3 is 0.986 bits per heavy atom. The summed E-state index contributed by atoms with van der Waals surface area (Å²) in [7, 11) is 0. The minimum atomic E-state index is 0.878. The topological polar surface area (TPSA) is 32.8 Å². The first-order chi connectivity index (χ1) is 35.3. The first-order valence-corrected chi connectivity index (χ1v) is 24.8. The molecule has 0 saturated carbocycles. The van der Waals surface area contributed by atoms with E-state index in [9.17, 15) is 0 Å². The Morgan fingerprint density at radius 2 is 0.611 bits per heavy atom. The van der Waals surface area contributed by atoms with Crippen molar-refractivity contribution in [2.24, 2.45) is 0 Å². The Kier molecular flexibility index (Phi) is 9.43. The van der Waals surface area contributed by atoms with Gasteiger partial charge in [-0.1, -0.05) is 121 Å². The van der Waals surface area contributed by atoms with Gasteiger partial charge >= 0.3 is 0 Å². The molecule has 4 heteroatoms. The standard InChI is InChI=1S/C68H48N2O2/c1-41-13-9-17-47(33-41)69(48-18-10-14-42(2)34-48)61-39-57(45-25-31-65-59(37-45)51-21-5-7-23-63(51)71-65)53-28-30-56-62(70(49-19-11-15-43(3)35-49)50-20-12-16-44(4)36-50)40-58(54-27-29-55(61)67(53)68(54)56)46-26-32-66-60(38-46)52-22-6-8-24-64(52)72-66/h5-40H,1-4H3. The molecule has 0 bridgehead atoms. The number of anilines is 6. The summed E-state index contributed by atoms with van der Waals surface area (Å²) < 4.78 is 12.9. The molecule has 0 amide bonds. The Morgan fingerprint density at radius 1 is 0.264 bits per heavy atom. The summed E-state index contributed by atoms with van der Waals surface area (Å²) in [6.45, 7) is 8.72. The van der Waals surface area contributed by atoms with Crippen LogP contribution in [0.15, 0.2) is 227 Å². The van der Waals surface area contributed by atoms with Crippen LogP contribution in [0, 0.1) is 27.7 Å². The Balaban J connectivity index is 1.16. The average Bonchev–Trinajstić information content (AvgIpc) is 3.97. The lowest BCUT2D eigenvalue weighted by Crippen LogP contribution is -2.12. The van der Waals surface area contributed by atoms with Crippen LogP contribution in [-0.4, -0.2) is 0 Å². The summed E-state index contributed by atoms with van der Waals surface area (Å²) in [5.41, 5.74) is 19.5. The van der Waals surface area contributed by atoms with Crippen LogP contribution in [-0.2, 0) is 0 Å². The molecule has 14 rings (SSSR count). The molecular weight excluding hydrogens is 877 g/mol. The highest BCUT2D eigenvalue weighted by Crippen LogP contribution is 2.53. The average molecular weight is 925 g/mol. The summed E-state index contributed by atoms with van der Waals surface area (Å²) >= 11 is 0. The normalized spacial score (nSPS) is 11.9. The molecule has 0 unspecified atom stereocenters. The van der Waals surface area contributed by atoms with Gasteiger partial charge in [0.05, 0.1) is 11.4 Å². The number of rotatable bonds is 8. The van der Waals surface area contributed by atoms with E-state index < -0.39 is 0 Å². The highest BCUT2D eigenvalue weighted by atomic mass is 16.3. The Bertz CT molecular complexity index is 4100. The van der Waals surface area contributed by atoms with Gasteiger partial charge in [0, 0.05) is 65.8 Å². The molecule has 0 radical (unpaired) electrons. The van der Waals surface area contributed by atoms with E-state index in [1.54, 1.807) is 0 Å². The number of para-hydroxylation sites is 2. The van der Waals surface area contributed by atoms with Gasteiger partial charge in [-0.15, -0.1) is 0 Å². The summed E-state index contributed by atoms with van der Waals surface area (Å²) in [6.07, 6.45) is 0. The Hall–Kier alpha value is -9.12. The van der Waals surface area contributed by atoms with Crippen LogP contribution in [0.3, 0.4) is 0 Å². The number of nitrogens with zero attached hydrogens (tertiary/aromatic N) is 2. The SMILES string of the molecule is Cc1cccc(N(c2cccc(C)c2)c2cc(-c3ccc4oc5ccccc5c4c3)c3ccc4c(N(c5cccc(C)c5)c5cccc(C)c5)cc(-c5ccc6oc7ccccc7c6c5)c5ccc2c3c54)c1. The lowest BCUT2D eigenvalue weighted by Gasteiger charge is -2.31. The van der Waals surface area contributed by atoms with Gasteiger partial charge in [-0.05, 0) is 180 Å². The van der Waals surface area contributed by atoms with Gasteiger partial charge < -0.3 is 18.6 Å². The third-order valence-corrected chi connectivity index (χ3v) is 14.8. The molecule has 0 saturated heterocycles. The lowest BCUT2D eigenvalue weighted by molar-refractivity contribution is 0.668. The quantitative estimate of drug-likeness (QED) is 0.142. The van der Waals surface area contributed by atoms with E-state index in [1.807, 2.05) is 12.1 Å². The van der Waals surface area contributed by atoms with Crippen LogP contribution < -0.4 is 9.80 Å². The van der Waals surface area contributed by atoms with E-state index in [2.05, 4.69) is 244 Å². The first kappa shape index (κ1) is 41.8. The van der Waals surface area contributed by atoms with Crippen molar-refractivity contribution < 1.29 is 8.83 Å². The lowest BCUT2D eigenvalue weighted by atomic mass is 9.85. The van der Waals surface area contributed by atoms with Crippen molar-refractivity contribution >= 4 is 110 Å². The van der Waals surface area contributed by atoms with Crippen LogP contribution in [0.25, 0.3) is 98.4 Å². The third kappa shape index (κ3) is 6.67. The van der Waals surface area contributed by atoms with Crippen LogP contribution in [0.2, 0.25) is 0 Å². The molecule has 4 nitrogen and oxygen atoms in total. The van der Waals surface area contributed by atoms with Crippen molar-refractivity contribution in [3.63, 3.8) is 0 Å². The fraction of sp³-hybridized carbons (Fsp3) is 0.0588. The zero-order chi connectivity index (χ0) is 48.2. The second-order valence-electron chi connectivity index (χ2n) is 19.6. The number of fused-ring (bicyclic) bond motifs is 6. The molecular formula is C68H48N2O2. The van der Waals surface area contributed by atoms with E-state index >= 15 is 0 Å². The number of hydrogen-bond acceptors (Lipinski definition) is 4. The molecule has 0 fully saturated rings. The molecule has 0 aliphatic rings. The number of aryl methyl sites for hydroxylation is 4. The monoisotopic (exact) mass is 924 g/mol. The van der Waals surface area contributed by atoms with Crippen LogP contribution in [0.4, 0.5) is 34.1 Å². The molecule has 72 heavy (non-hydrogen) atoms. The number of hydrogen-bond donors (Lipinski definition) is 0. The minimum absolute atomic E-state index is 0.878. The molecule has 12 aromatic carbocycles. The number of furan rings is 2. The van der Waals surface area contributed by atoms with E-state index in [4.69, 9.17) is 8.83 Å². The fourth-order valence-electron chi connectivity index (χ4n) is 11.5. The largest absolute Gasteiger partial charge is 0.456 e. The van der Waals surface area contributed by atoms with Gasteiger partial charge in [0.1, 0.15) is 22.3 Å². The van der Waals surface area contributed by atoms with Gasteiger partial charge in [-0.2, -0.15) is 0 Å². The maximum atomic E-state index is 6.43. The van der Waals surface area contributed by atoms with Crippen molar-refractivity contribution in [2.45, 2.75) is 27.7 Å². The van der Waals surface area contributed by atoms with Crippen molar-refractivity contribution in [1.29, 1.82) is 0 Å². The van der Waals surface area contributed by atoms with E-state index in [0.29, 0.717) is 0 Å². The second kappa shape index (κ2) is 16.2. The molecule has 0 spiro atoms. The summed E-state index contributed by atoms with van der Waals surface area (Å²) in [4.78, 5) is 4.93. The highest BCUT2D eigenvalue weighted by molar-refractivity contribution is 6.32. The van der Waals surface area contributed by atoms with E-state index in [0.717, 1.165) is 100 Å². The highest BCUT2D eigenvalue weighted by Gasteiger charge is 2.27. The van der Waals surface area contributed by atoms with Crippen LogP contribution in [0.5, 0.6) is 0 Å². The van der Waals surface area contributed by atoms with Gasteiger partial charge in [-0.25, -0.2) is 0 Å². The van der Waals surface area contributed by atoms with Crippen molar-refractivity contribution in [1.82, 2.24) is 0 Å². The smallest absolute Gasteiger partial charge is 0.135 e. The zero-order valence-corrected chi connectivity index (χ0v) is 40.5. The van der Waals surface area contributed by atoms with Gasteiger partial charge in [0.2, 0.25) is 0 Å². The minimum Gasteiger partial charge on any atom is -0.456 e. The molecule has 14 aromatic rings. The van der Waals surface area contributed by atoms with Gasteiger partial charge in [0.25, 0.3) is 0 Å². The second-order valence-corrected chi connectivity index (χ2v) is 19.6. The molecule has 0 aliphatic heterocycles. The molecule has 342 valence electrons. The van der Waals surface area contributed by atoms with E-state index in [1.165, 1.54) is 54.6 Å². The molecule has 2 aromatic heterocycles. The fourth-order valence-corrected chi connectivity index (χ4v) is 11.5. The summed E-state index contributed by atoms with van der Waals surface area (Å²) in [6, 6.07) is 80.1.